The summed E-state index contributed by atoms with van der Waals surface area (Å²) in [4.78, 5) is 23.1. The molecule has 0 aliphatic carbocycles. The summed E-state index contributed by atoms with van der Waals surface area (Å²) in [5.74, 6) is 0.279. The predicted molar refractivity (Wildman–Crippen MR) is 114 cm³/mol. The molecule has 3 aromatic carbocycles. The Kier molecular flexibility index (Phi) is 5.50. The molecular formula is C20H14N4O3S2. The summed E-state index contributed by atoms with van der Waals surface area (Å²) < 4.78 is 0.671. The maximum atomic E-state index is 12.7. The highest BCUT2D eigenvalue weighted by molar-refractivity contribution is 8.00. The maximum absolute atomic E-state index is 12.7. The SMILES string of the molecule is O=C(Nc1nnc(SCc2cccc([N+](=O)[O-])c2)s1)c1cccc2ccccc12. The van der Waals surface area contributed by atoms with Crippen LogP contribution in [0.3, 0.4) is 0 Å². The summed E-state index contributed by atoms with van der Waals surface area (Å²) in [5, 5.41) is 24.0. The minimum absolute atomic E-state index is 0.0587. The zero-order valence-corrected chi connectivity index (χ0v) is 16.6. The standard InChI is InChI=1S/C20H14N4O3S2/c25-18(17-10-4-7-14-6-1-2-9-16(14)17)21-19-22-23-20(29-19)28-12-13-5-3-8-15(11-13)24(26)27/h1-11H,12H2,(H,21,22,25). The number of hydrogen-bond donors (Lipinski definition) is 1. The van der Waals surface area contributed by atoms with Gasteiger partial charge in [-0.3, -0.25) is 20.2 Å². The van der Waals surface area contributed by atoms with Crippen molar-refractivity contribution in [2.45, 2.75) is 10.1 Å². The van der Waals surface area contributed by atoms with E-state index in [1.807, 2.05) is 42.5 Å². The number of non-ortho nitro benzene ring substituents is 1. The Morgan fingerprint density at radius 1 is 1.07 bits per heavy atom. The number of anilines is 1. The van der Waals surface area contributed by atoms with Gasteiger partial charge in [-0.1, -0.05) is 71.6 Å². The lowest BCUT2D eigenvalue weighted by Gasteiger charge is -2.05. The number of hydrogen-bond acceptors (Lipinski definition) is 7. The van der Waals surface area contributed by atoms with Crippen LogP contribution in [0.15, 0.2) is 71.1 Å². The molecule has 1 amide bonds. The minimum Gasteiger partial charge on any atom is -0.296 e. The molecule has 29 heavy (non-hydrogen) atoms. The summed E-state index contributed by atoms with van der Waals surface area (Å²) in [6.45, 7) is 0. The van der Waals surface area contributed by atoms with Gasteiger partial charge >= 0.3 is 0 Å². The Morgan fingerprint density at radius 2 is 1.86 bits per heavy atom. The van der Waals surface area contributed by atoms with Crippen LogP contribution in [0.4, 0.5) is 10.8 Å². The Morgan fingerprint density at radius 3 is 2.72 bits per heavy atom. The van der Waals surface area contributed by atoms with E-state index in [1.165, 1.54) is 35.2 Å². The number of thioether (sulfide) groups is 1. The summed E-state index contributed by atoms with van der Waals surface area (Å²) in [7, 11) is 0. The lowest BCUT2D eigenvalue weighted by atomic mass is 10.0. The van der Waals surface area contributed by atoms with E-state index >= 15 is 0 Å². The van der Waals surface area contributed by atoms with E-state index in [4.69, 9.17) is 0 Å². The van der Waals surface area contributed by atoms with Gasteiger partial charge in [-0.2, -0.15) is 0 Å². The van der Waals surface area contributed by atoms with Gasteiger partial charge in [0.1, 0.15) is 0 Å². The molecule has 7 nitrogen and oxygen atoms in total. The zero-order valence-electron chi connectivity index (χ0n) is 14.9. The van der Waals surface area contributed by atoms with Crippen LogP contribution in [0.25, 0.3) is 10.8 Å². The molecule has 0 saturated heterocycles. The van der Waals surface area contributed by atoms with Crippen LogP contribution in [0, 0.1) is 10.1 Å². The van der Waals surface area contributed by atoms with Crippen molar-refractivity contribution in [3.05, 3.63) is 88.0 Å². The molecule has 0 fully saturated rings. The number of nitro benzene ring substituents is 1. The van der Waals surface area contributed by atoms with Gasteiger partial charge in [0.25, 0.3) is 11.6 Å². The topological polar surface area (TPSA) is 98.0 Å². The number of nitro groups is 1. The number of nitrogens with one attached hydrogen (secondary N) is 1. The molecule has 1 N–H and O–H groups in total. The van der Waals surface area contributed by atoms with E-state index in [2.05, 4.69) is 15.5 Å². The third kappa shape index (κ3) is 4.41. The van der Waals surface area contributed by atoms with E-state index < -0.39 is 4.92 Å². The second kappa shape index (κ2) is 8.38. The van der Waals surface area contributed by atoms with Crippen molar-refractivity contribution in [2.24, 2.45) is 0 Å². The molecule has 0 aliphatic rings. The Labute approximate surface area is 173 Å². The fourth-order valence-corrected chi connectivity index (χ4v) is 4.50. The van der Waals surface area contributed by atoms with Crippen LogP contribution in [0.5, 0.6) is 0 Å². The molecule has 0 spiro atoms. The number of nitrogens with zero attached hydrogens (tertiary/aromatic N) is 3. The largest absolute Gasteiger partial charge is 0.296 e. The third-order valence-electron chi connectivity index (χ3n) is 4.14. The van der Waals surface area contributed by atoms with E-state index in [-0.39, 0.29) is 11.6 Å². The number of carbonyl (C=O) groups excluding carboxylic acids is 1. The first-order valence-corrected chi connectivity index (χ1v) is 10.4. The van der Waals surface area contributed by atoms with Gasteiger partial charge in [0.05, 0.1) is 4.92 Å². The highest BCUT2D eigenvalue weighted by Gasteiger charge is 2.13. The van der Waals surface area contributed by atoms with Crippen molar-refractivity contribution in [2.75, 3.05) is 5.32 Å². The van der Waals surface area contributed by atoms with Gasteiger partial charge in [0.15, 0.2) is 4.34 Å². The first-order valence-electron chi connectivity index (χ1n) is 8.59. The van der Waals surface area contributed by atoms with Crippen molar-refractivity contribution >= 4 is 50.6 Å². The molecule has 0 radical (unpaired) electrons. The lowest BCUT2D eigenvalue weighted by Crippen LogP contribution is -2.12. The van der Waals surface area contributed by atoms with Gasteiger partial charge in [-0.25, -0.2) is 0 Å². The summed E-state index contributed by atoms with van der Waals surface area (Å²) in [6, 6.07) is 19.7. The quantitative estimate of drug-likeness (QED) is 0.200. The minimum atomic E-state index is -0.417. The van der Waals surface area contributed by atoms with Crippen molar-refractivity contribution < 1.29 is 9.72 Å². The zero-order chi connectivity index (χ0) is 20.2. The van der Waals surface area contributed by atoms with E-state index in [9.17, 15) is 14.9 Å². The van der Waals surface area contributed by atoms with Crippen LogP contribution < -0.4 is 5.32 Å². The molecule has 4 aromatic rings. The molecule has 4 rings (SSSR count). The lowest BCUT2D eigenvalue weighted by molar-refractivity contribution is -0.384. The fourth-order valence-electron chi connectivity index (χ4n) is 2.81. The van der Waals surface area contributed by atoms with Gasteiger partial charge in [-0.15, -0.1) is 10.2 Å². The van der Waals surface area contributed by atoms with Crippen LogP contribution in [0.1, 0.15) is 15.9 Å². The molecule has 0 saturated carbocycles. The van der Waals surface area contributed by atoms with Gasteiger partial charge in [0.2, 0.25) is 5.13 Å². The van der Waals surface area contributed by atoms with E-state index in [1.54, 1.807) is 12.1 Å². The second-order valence-corrected chi connectivity index (χ2v) is 8.27. The molecule has 0 bridgehead atoms. The number of fused-ring (bicyclic) bond motifs is 1. The molecule has 9 heteroatoms. The van der Waals surface area contributed by atoms with Gasteiger partial charge in [0, 0.05) is 23.4 Å². The number of carbonyl (C=O) groups is 1. The van der Waals surface area contributed by atoms with Crippen LogP contribution in [-0.4, -0.2) is 21.0 Å². The van der Waals surface area contributed by atoms with Crippen LogP contribution >= 0.6 is 23.1 Å². The first-order chi connectivity index (χ1) is 14.1. The smallest absolute Gasteiger partial charge is 0.269 e. The molecular weight excluding hydrogens is 408 g/mol. The van der Waals surface area contributed by atoms with E-state index in [0.29, 0.717) is 20.8 Å². The van der Waals surface area contributed by atoms with Crippen LogP contribution in [-0.2, 0) is 5.75 Å². The molecule has 0 aliphatic heterocycles. The van der Waals surface area contributed by atoms with Crippen LogP contribution in [0.2, 0.25) is 0 Å². The number of aromatic nitrogens is 2. The molecule has 1 heterocycles. The monoisotopic (exact) mass is 422 g/mol. The average Bonchev–Trinajstić information content (AvgIpc) is 3.19. The summed E-state index contributed by atoms with van der Waals surface area (Å²) in [6.07, 6.45) is 0. The normalized spacial score (nSPS) is 10.8. The Bertz CT molecular complexity index is 1200. The third-order valence-corrected chi connectivity index (χ3v) is 6.19. The summed E-state index contributed by atoms with van der Waals surface area (Å²) in [5.41, 5.74) is 1.45. The number of amides is 1. The number of rotatable bonds is 6. The Hall–Kier alpha value is -3.30. The molecule has 144 valence electrons. The van der Waals surface area contributed by atoms with Crippen molar-refractivity contribution in [3.8, 4) is 0 Å². The predicted octanol–water partition coefficient (Wildman–Crippen LogP) is 5.14. The maximum Gasteiger partial charge on any atom is 0.269 e. The fraction of sp³-hybridized carbons (Fsp3) is 0.0500. The number of benzene rings is 3. The summed E-state index contributed by atoms with van der Waals surface area (Å²) >= 11 is 2.68. The van der Waals surface area contributed by atoms with Crippen molar-refractivity contribution in [1.82, 2.24) is 10.2 Å². The second-order valence-electron chi connectivity index (χ2n) is 6.07. The Balaban J connectivity index is 1.43. The first kappa shape index (κ1) is 19.0. The van der Waals surface area contributed by atoms with Crippen molar-refractivity contribution in [1.29, 1.82) is 0 Å². The van der Waals surface area contributed by atoms with E-state index in [0.717, 1.165) is 16.3 Å². The van der Waals surface area contributed by atoms with Gasteiger partial charge < -0.3 is 0 Å². The van der Waals surface area contributed by atoms with Crippen molar-refractivity contribution in [3.63, 3.8) is 0 Å². The molecule has 0 unspecified atom stereocenters. The molecule has 0 atom stereocenters. The average molecular weight is 422 g/mol. The highest BCUT2D eigenvalue weighted by Crippen LogP contribution is 2.29. The highest BCUT2D eigenvalue weighted by atomic mass is 32.2. The molecule has 1 aromatic heterocycles. The van der Waals surface area contributed by atoms with Gasteiger partial charge in [-0.05, 0) is 22.4 Å².